The summed E-state index contributed by atoms with van der Waals surface area (Å²) >= 11 is 5.91. The van der Waals surface area contributed by atoms with E-state index < -0.39 is 0 Å². The smallest absolute Gasteiger partial charge is 0.119 e. The molecule has 0 saturated heterocycles. The van der Waals surface area contributed by atoms with E-state index in [2.05, 4.69) is 4.84 Å². The third-order valence-electron chi connectivity index (χ3n) is 2.49. The van der Waals surface area contributed by atoms with Crippen molar-refractivity contribution in [3.05, 3.63) is 40.9 Å². The third-order valence-corrected chi connectivity index (χ3v) is 2.72. The molecule has 0 atom stereocenters. The fraction of sp³-hybridized carbons (Fsp3) is 0.167. The van der Waals surface area contributed by atoms with Crippen molar-refractivity contribution in [3.63, 3.8) is 0 Å². The molecule has 0 aliphatic heterocycles. The van der Waals surface area contributed by atoms with Gasteiger partial charge in [-0.2, -0.15) is 0 Å². The Kier molecular flexibility index (Phi) is 3.29. The monoisotopic (exact) mass is 237 g/mol. The van der Waals surface area contributed by atoms with E-state index in [0.29, 0.717) is 18.1 Å². The molecule has 0 fully saturated rings. The summed E-state index contributed by atoms with van der Waals surface area (Å²) in [5.74, 6) is 5.22. The van der Waals surface area contributed by atoms with Gasteiger partial charge in [-0.25, -0.2) is 5.90 Å². The molecule has 2 aromatic carbocycles. The van der Waals surface area contributed by atoms with Gasteiger partial charge in [-0.3, -0.25) is 0 Å². The lowest BCUT2D eigenvalue weighted by Crippen LogP contribution is -2.03. The number of aromatic hydroxyl groups is 1. The Labute approximate surface area is 98.3 Å². The molecule has 84 valence electrons. The molecule has 3 nitrogen and oxygen atoms in total. The van der Waals surface area contributed by atoms with E-state index in [9.17, 15) is 5.11 Å². The molecule has 4 heteroatoms. The van der Waals surface area contributed by atoms with Crippen LogP contribution in [0.15, 0.2) is 30.3 Å². The van der Waals surface area contributed by atoms with E-state index >= 15 is 0 Å². The van der Waals surface area contributed by atoms with Crippen LogP contribution in [-0.2, 0) is 11.3 Å². The number of hydrogen-bond donors (Lipinski definition) is 2. The molecule has 0 spiro atoms. The molecule has 16 heavy (non-hydrogen) atoms. The maximum atomic E-state index is 9.78. The number of fused-ring (bicyclic) bond motifs is 1. The van der Waals surface area contributed by atoms with Crippen LogP contribution in [0.2, 0.25) is 5.02 Å². The number of benzene rings is 2. The number of nitrogens with two attached hydrogens (primary N) is 1. The van der Waals surface area contributed by atoms with E-state index in [4.69, 9.17) is 17.5 Å². The van der Waals surface area contributed by atoms with Crippen LogP contribution in [-0.4, -0.2) is 11.7 Å². The highest BCUT2D eigenvalue weighted by Crippen LogP contribution is 2.27. The lowest BCUT2D eigenvalue weighted by atomic mass is 10.0. The van der Waals surface area contributed by atoms with Crippen LogP contribution in [0.1, 0.15) is 5.56 Å². The molecule has 0 aliphatic carbocycles. The number of phenols is 1. The van der Waals surface area contributed by atoms with Crippen LogP contribution >= 0.6 is 11.6 Å². The van der Waals surface area contributed by atoms with Gasteiger partial charge in [0.2, 0.25) is 0 Å². The standard InChI is InChI=1S/C12H12ClNO2/c13-11-2-1-8-7-12(15)9(3-4-16-14)5-10(8)6-11/h1-2,5-7,15H,3-4,14H2. The molecule has 0 saturated carbocycles. The van der Waals surface area contributed by atoms with Crippen LogP contribution in [0, 0.1) is 0 Å². The molecular formula is C12H12ClNO2. The summed E-state index contributed by atoms with van der Waals surface area (Å²) < 4.78 is 0. The Bertz CT molecular complexity index is 514. The molecule has 0 aliphatic rings. The van der Waals surface area contributed by atoms with Gasteiger partial charge >= 0.3 is 0 Å². The highest BCUT2D eigenvalue weighted by atomic mass is 35.5. The number of halogens is 1. The Morgan fingerprint density at radius 3 is 2.75 bits per heavy atom. The first-order valence-corrected chi connectivity index (χ1v) is 5.31. The van der Waals surface area contributed by atoms with Gasteiger partial charge in [-0.15, -0.1) is 0 Å². The van der Waals surface area contributed by atoms with Crippen LogP contribution in [0.25, 0.3) is 10.8 Å². The molecular weight excluding hydrogens is 226 g/mol. The molecule has 0 bridgehead atoms. The molecule has 0 aromatic heterocycles. The SMILES string of the molecule is NOCCc1cc2cc(Cl)ccc2cc1O. The van der Waals surface area contributed by atoms with Crippen molar-refractivity contribution < 1.29 is 9.94 Å². The fourth-order valence-electron chi connectivity index (χ4n) is 1.67. The number of rotatable bonds is 3. The summed E-state index contributed by atoms with van der Waals surface area (Å²) in [7, 11) is 0. The van der Waals surface area contributed by atoms with Gasteiger partial charge in [0.05, 0.1) is 6.61 Å². The highest BCUT2D eigenvalue weighted by molar-refractivity contribution is 6.31. The summed E-state index contributed by atoms with van der Waals surface area (Å²) in [5, 5.41) is 12.4. The first-order chi connectivity index (χ1) is 7.70. The van der Waals surface area contributed by atoms with Gasteiger partial charge in [0.15, 0.2) is 0 Å². The molecule has 0 amide bonds. The van der Waals surface area contributed by atoms with Crippen molar-refractivity contribution in [2.45, 2.75) is 6.42 Å². The van der Waals surface area contributed by atoms with Crippen molar-refractivity contribution in [1.82, 2.24) is 0 Å². The van der Waals surface area contributed by atoms with E-state index in [1.807, 2.05) is 18.2 Å². The highest BCUT2D eigenvalue weighted by Gasteiger charge is 2.04. The topological polar surface area (TPSA) is 55.5 Å². The predicted molar refractivity (Wildman–Crippen MR) is 64.5 cm³/mol. The van der Waals surface area contributed by atoms with Gasteiger partial charge in [0, 0.05) is 11.4 Å². The zero-order valence-corrected chi connectivity index (χ0v) is 9.37. The first kappa shape index (κ1) is 11.2. The Morgan fingerprint density at radius 1 is 1.19 bits per heavy atom. The zero-order chi connectivity index (χ0) is 11.5. The number of hydrogen-bond acceptors (Lipinski definition) is 3. The minimum absolute atomic E-state index is 0.256. The van der Waals surface area contributed by atoms with Crippen molar-refractivity contribution >= 4 is 22.4 Å². The summed E-state index contributed by atoms with van der Waals surface area (Å²) in [6.45, 7) is 0.375. The fourth-order valence-corrected chi connectivity index (χ4v) is 1.85. The second-order valence-corrected chi connectivity index (χ2v) is 4.03. The summed E-state index contributed by atoms with van der Waals surface area (Å²) in [4.78, 5) is 4.50. The van der Waals surface area contributed by atoms with Gasteiger partial charge < -0.3 is 9.94 Å². The maximum Gasteiger partial charge on any atom is 0.119 e. The lowest BCUT2D eigenvalue weighted by molar-refractivity contribution is 0.141. The zero-order valence-electron chi connectivity index (χ0n) is 8.61. The second kappa shape index (κ2) is 4.70. The summed E-state index contributed by atoms with van der Waals surface area (Å²) in [5.41, 5.74) is 0.806. The van der Waals surface area contributed by atoms with Crippen LogP contribution < -0.4 is 5.90 Å². The van der Waals surface area contributed by atoms with Gasteiger partial charge in [-0.1, -0.05) is 17.7 Å². The third kappa shape index (κ3) is 2.27. The van der Waals surface area contributed by atoms with Crippen LogP contribution in [0.4, 0.5) is 0 Å². The van der Waals surface area contributed by atoms with E-state index in [1.165, 1.54) is 0 Å². The van der Waals surface area contributed by atoms with Crippen molar-refractivity contribution in [2.24, 2.45) is 5.90 Å². The van der Waals surface area contributed by atoms with E-state index in [1.54, 1.807) is 12.1 Å². The molecule has 2 rings (SSSR count). The number of phenolic OH excluding ortho intramolecular Hbond substituents is 1. The first-order valence-electron chi connectivity index (χ1n) is 4.93. The second-order valence-electron chi connectivity index (χ2n) is 3.59. The van der Waals surface area contributed by atoms with Crippen LogP contribution in [0.3, 0.4) is 0 Å². The molecule has 2 aromatic rings. The predicted octanol–water partition coefficient (Wildman–Crippen LogP) is 2.63. The minimum atomic E-state index is 0.256. The Morgan fingerprint density at radius 2 is 2.00 bits per heavy atom. The van der Waals surface area contributed by atoms with Gasteiger partial charge in [-0.05, 0) is 40.6 Å². The maximum absolute atomic E-state index is 9.78. The molecule has 3 N–H and O–H groups in total. The lowest BCUT2D eigenvalue weighted by Gasteiger charge is -2.06. The van der Waals surface area contributed by atoms with E-state index in [-0.39, 0.29) is 5.75 Å². The summed E-state index contributed by atoms with van der Waals surface area (Å²) in [6.07, 6.45) is 0.574. The molecule has 0 unspecified atom stereocenters. The van der Waals surface area contributed by atoms with Gasteiger partial charge in [0.1, 0.15) is 5.75 Å². The largest absolute Gasteiger partial charge is 0.508 e. The quantitative estimate of drug-likeness (QED) is 0.807. The van der Waals surface area contributed by atoms with Gasteiger partial charge in [0.25, 0.3) is 0 Å². The van der Waals surface area contributed by atoms with Crippen molar-refractivity contribution in [2.75, 3.05) is 6.61 Å². The molecule has 0 radical (unpaired) electrons. The summed E-state index contributed by atoms with van der Waals surface area (Å²) in [6, 6.07) is 9.16. The minimum Gasteiger partial charge on any atom is -0.508 e. The Balaban J connectivity index is 2.46. The average Bonchev–Trinajstić information content (AvgIpc) is 2.27. The van der Waals surface area contributed by atoms with Crippen molar-refractivity contribution in [3.8, 4) is 5.75 Å². The molecule has 0 heterocycles. The normalized spacial score (nSPS) is 10.9. The van der Waals surface area contributed by atoms with Crippen LogP contribution in [0.5, 0.6) is 5.75 Å². The Hall–Kier alpha value is -1.29. The van der Waals surface area contributed by atoms with E-state index in [0.717, 1.165) is 16.3 Å². The van der Waals surface area contributed by atoms with Crippen molar-refractivity contribution in [1.29, 1.82) is 0 Å². The average molecular weight is 238 g/mol.